The van der Waals surface area contributed by atoms with Crippen molar-refractivity contribution in [3.63, 3.8) is 0 Å². The molecule has 0 unspecified atom stereocenters. The van der Waals surface area contributed by atoms with E-state index in [0.717, 1.165) is 23.9 Å². The van der Waals surface area contributed by atoms with E-state index >= 15 is 0 Å². The Hall–Kier alpha value is -1.30. The van der Waals surface area contributed by atoms with Gasteiger partial charge in [0.05, 0.1) is 0 Å². The summed E-state index contributed by atoms with van der Waals surface area (Å²) in [5.74, 6) is 0.754. The van der Waals surface area contributed by atoms with Crippen LogP contribution in [-0.4, -0.2) is 41.3 Å². The maximum absolute atomic E-state index is 11.9. The molecule has 3 heterocycles. The number of thioether (sulfide) groups is 1. The van der Waals surface area contributed by atoms with Crippen LogP contribution in [-0.2, 0) is 0 Å². The largest absolute Gasteiger partial charge is 0.351 e. The fourth-order valence-corrected chi connectivity index (χ4v) is 2.80. The Morgan fingerprint density at radius 2 is 2.47 bits per heavy atom. The summed E-state index contributed by atoms with van der Waals surface area (Å²) in [7, 11) is 0. The molecule has 0 spiro atoms. The molecule has 1 fully saturated rings. The monoisotopic (exact) mass is 250 g/mol. The summed E-state index contributed by atoms with van der Waals surface area (Å²) >= 11 is 1.50. The molecule has 0 saturated carbocycles. The summed E-state index contributed by atoms with van der Waals surface area (Å²) in [5, 5.41) is 3.67. The number of carbonyl (C=O) groups is 1. The fraction of sp³-hybridized carbons (Fsp3) is 0.545. The molecular weight excluding hydrogens is 236 g/mol. The van der Waals surface area contributed by atoms with Gasteiger partial charge in [0.2, 0.25) is 0 Å². The maximum Gasteiger partial charge on any atom is 0.256 e. The number of hydrogen-bond acceptors (Lipinski definition) is 5. The number of nitrogens with zero attached hydrogens (tertiary/aromatic N) is 3. The highest BCUT2D eigenvalue weighted by molar-refractivity contribution is 7.98. The van der Waals surface area contributed by atoms with Crippen molar-refractivity contribution in [2.75, 3.05) is 24.2 Å². The van der Waals surface area contributed by atoms with Crippen LogP contribution in [0.2, 0.25) is 0 Å². The van der Waals surface area contributed by atoms with Gasteiger partial charge >= 0.3 is 0 Å². The lowest BCUT2D eigenvalue weighted by atomic mass is 10.2. The van der Waals surface area contributed by atoms with Crippen LogP contribution in [0, 0.1) is 0 Å². The number of aromatic nitrogens is 2. The van der Waals surface area contributed by atoms with Gasteiger partial charge < -0.3 is 10.2 Å². The second-order valence-electron chi connectivity index (χ2n) is 4.29. The summed E-state index contributed by atoms with van der Waals surface area (Å²) in [6, 6.07) is 0.393. The van der Waals surface area contributed by atoms with Crippen LogP contribution in [0.15, 0.2) is 11.4 Å². The first-order valence-electron chi connectivity index (χ1n) is 5.75. The average Bonchev–Trinajstić information content (AvgIpc) is 2.79. The molecule has 0 radical (unpaired) electrons. The number of nitrogens with one attached hydrogen (secondary N) is 1. The number of amides is 1. The molecule has 1 amide bonds. The highest BCUT2D eigenvalue weighted by atomic mass is 32.2. The van der Waals surface area contributed by atoms with Gasteiger partial charge in [0.25, 0.3) is 5.91 Å². The molecule has 2 aliphatic rings. The van der Waals surface area contributed by atoms with Gasteiger partial charge in [0, 0.05) is 25.3 Å². The minimum atomic E-state index is -0.0537. The molecule has 1 aromatic heterocycles. The quantitative estimate of drug-likeness (QED) is 0.593. The zero-order chi connectivity index (χ0) is 11.8. The predicted molar refractivity (Wildman–Crippen MR) is 66.5 cm³/mol. The van der Waals surface area contributed by atoms with E-state index in [0.29, 0.717) is 18.2 Å². The van der Waals surface area contributed by atoms with Crippen molar-refractivity contribution in [1.29, 1.82) is 0 Å². The zero-order valence-electron chi connectivity index (χ0n) is 9.64. The van der Waals surface area contributed by atoms with Crippen molar-refractivity contribution in [3.8, 4) is 0 Å². The van der Waals surface area contributed by atoms with Crippen LogP contribution in [0.1, 0.15) is 23.2 Å². The molecule has 5 nitrogen and oxygen atoms in total. The van der Waals surface area contributed by atoms with Crippen LogP contribution in [0.4, 0.5) is 5.82 Å². The first-order chi connectivity index (χ1) is 8.29. The van der Waals surface area contributed by atoms with Gasteiger partial charge in [-0.25, -0.2) is 9.97 Å². The van der Waals surface area contributed by atoms with E-state index in [1.165, 1.54) is 18.2 Å². The Kier molecular flexibility index (Phi) is 2.66. The van der Waals surface area contributed by atoms with Gasteiger partial charge in [-0.05, 0) is 19.1 Å². The van der Waals surface area contributed by atoms with E-state index in [2.05, 4.69) is 20.2 Å². The van der Waals surface area contributed by atoms with E-state index in [1.54, 1.807) is 6.20 Å². The number of anilines is 1. The van der Waals surface area contributed by atoms with E-state index in [9.17, 15) is 4.79 Å². The summed E-state index contributed by atoms with van der Waals surface area (Å²) in [6.45, 7) is 1.70. The van der Waals surface area contributed by atoms with Crippen LogP contribution in [0.3, 0.4) is 0 Å². The predicted octanol–water partition coefficient (Wildman–Crippen LogP) is 0.911. The number of hydrogen-bond donors (Lipinski definition) is 1. The highest BCUT2D eigenvalue weighted by Gasteiger charge is 2.32. The van der Waals surface area contributed by atoms with Gasteiger partial charge in [0.15, 0.2) is 5.16 Å². The van der Waals surface area contributed by atoms with Gasteiger partial charge in [-0.2, -0.15) is 0 Å². The van der Waals surface area contributed by atoms with Gasteiger partial charge in [-0.1, -0.05) is 11.8 Å². The molecule has 17 heavy (non-hydrogen) atoms. The molecule has 1 saturated heterocycles. The first kappa shape index (κ1) is 10.8. The zero-order valence-corrected chi connectivity index (χ0v) is 10.5. The molecule has 6 heteroatoms. The van der Waals surface area contributed by atoms with Crippen LogP contribution in [0.5, 0.6) is 0 Å². The van der Waals surface area contributed by atoms with Crippen molar-refractivity contribution in [3.05, 3.63) is 11.8 Å². The number of fused-ring (bicyclic) bond motifs is 3. The van der Waals surface area contributed by atoms with Crippen LogP contribution < -0.4 is 10.2 Å². The molecule has 0 aromatic carbocycles. The second kappa shape index (κ2) is 4.18. The third kappa shape index (κ3) is 1.76. The Bertz CT molecular complexity index is 465. The molecule has 0 bridgehead atoms. The molecular formula is C11H14N4OS. The summed E-state index contributed by atoms with van der Waals surface area (Å²) in [5.41, 5.74) is 0.604. The summed E-state index contributed by atoms with van der Waals surface area (Å²) in [6.07, 6.45) is 5.88. The molecule has 90 valence electrons. The lowest BCUT2D eigenvalue weighted by molar-refractivity contribution is 0.0954. The Balaban J connectivity index is 2.10. The fourth-order valence-electron chi connectivity index (χ4n) is 2.47. The van der Waals surface area contributed by atoms with Crippen LogP contribution >= 0.6 is 11.8 Å². The smallest absolute Gasteiger partial charge is 0.256 e. The Morgan fingerprint density at radius 1 is 1.59 bits per heavy atom. The molecule has 0 aliphatic carbocycles. The second-order valence-corrected chi connectivity index (χ2v) is 5.07. The first-order valence-corrected chi connectivity index (χ1v) is 6.98. The SMILES string of the molecule is CSc1ncc2c(n1)N1CCC[C@H]1CNC2=O. The average molecular weight is 250 g/mol. The van der Waals surface area contributed by atoms with Gasteiger partial charge in [0.1, 0.15) is 11.4 Å². The topological polar surface area (TPSA) is 58.1 Å². The molecule has 3 rings (SSSR count). The minimum absolute atomic E-state index is 0.0537. The molecule has 1 aromatic rings. The highest BCUT2D eigenvalue weighted by Crippen LogP contribution is 2.29. The van der Waals surface area contributed by atoms with Crippen molar-refractivity contribution >= 4 is 23.5 Å². The third-order valence-corrected chi connectivity index (χ3v) is 3.88. The van der Waals surface area contributed by atoms with Crippen LogP contribution in [0.25, 0.3) is 0 Å². The van der Waals surface area contributed by atoms with Gasteiger partial charge in [-0.15, -0.1) is 0 Å². The normalized spacial score (nSPS) is 22.8. The number of carbonyl (C=O) groups excluding carboxylic acids is 1. The van der Waals surface area contributed by atoms with E-state index in [-0.39, 0.29) is 5.91 Å². The third-order valence-electron chi connectivity index (χ3n) is 3.32. The number of rotatable bonds is 1. The Labute approximate surface area is 104 Å². The van der Waals surface area contributed by atoms with E-state index in [4.69, 9.17) is 0 Å². The summed E-state index contributed by atoms with van der Waals surface area (Å²) < 4.78 is 0. The molecule has 2 aliphatic heterocycles. The standard InChI is InChI=1S/C11H14N4OS/c1-17-11-13-6-8-9(14-11)15-4-2-3-7(15)5-12-10(8)16/h6-7H,2-5H2,1H3,(H,12,16)/t7-/m0/s1. The van der Waals surface area contributed by atoms with Gasteiger partial charge in [-0.3, -0.25) is 4.79 Å². The van der Waals surface area contributed by atoms with Crippen molar-refractivity contribution in [2.24, 2.45) is 0 Å². The van der Waals surface area contributed by atoms with E-state index in [1.807, 2.05) is 6.26 Å². The molecule has 1 atom stereocenters. The molecule has 1 N–H and O–H groups in total. The van der Waals surface area contributed by atoms with Crippen molar-refractivity contribution in [2.45, 2.75) is 24.0 Å². The minimum Gasteiger partial charge on any atom is -0.351 e. The lowest BCUT2D eigenvalue weighted by Gasteiger charge is -2.23. The summed E-state index contributed by atoms with van der Waals surface area (Å²) in [4.78, 5) is 22.8. The van der Waals surface area contributed by atoms with Crippen molar-refractivity contribution < 1.29 is 4.79 Å². The maximum atomic E-state index is 11.9. The lowest BCUT2D eigenvalue weighted by Crippen LogP contribution is -2.36. The Morgan fingerprint density at radius 3 is 3.29 bits per heavy atom. The van der Waals surface area contributed by atoms with Crippen molar-refractivity contribution in [1.82, 2.24) is 15.3 Å². The van der Waals surface area contributed by atoms with E-state index < -0.39 is 0 Å².